The molecule has 0 bridgehead atoms. The molecule has 0 amide bonds. The zero-order chi connectivity index (χ0) is 95.8. The predicted octanol–water partition coefficient (Wildman–Crippen LogP) is 34.6. The molecule has 7 nitrogen and oxygen atoms in total. The molecule has 4 heterocycles. The summed E-state index contributed by atoms with van der Waals surface area (Å²) >= 11 is 0. The molecule has 0 saturated heterocycles. The first-order chi connectivity index (χ1) is 66.4. The molecule has 0 aliphatic heterocycles. The van der Waals surface area contributed by atoms with E-state index in [1.165, 1.54) is 105 Å². The number of pyridine rings is 1. The smallest absolute Gasteiger partial charge is 0.160 e. The van der Waals surface area contributed by atoms with Crippen LogP contribution in [0.4, 0.5) is 0 Å². The van der Waals surface area contributed by atoms with Crippen LogP contribution in [0.5, 0.6) is 0 Å². The Kier molecular flexibility index (Phi) is 24.9. The lowest BCUT2D eigenvalue weighted by atomic mass is 9.78. The molecule has 676 valence electrons. The molecule has 138 heavy (non-hydrogen) atoms. The van der Waals surface area contributed by atoms with E-state index < -0.39 is 0 Å². The van der Waals surface area contributed by atoms with Crippen molar-refractivity contribution in [1.29, 1.82) is 0 Å². The molecule has 0 spiro atoms. The monoisotopic (exact) mass is 1790 g/mol. The van der Waals surface area contributed by atoms with Gasteiger partial charge in [-0.3, -0.25) is 0 Å². The van der Waals surface area contributed by atoms with Crippen LogP contribution >= 0.6 is 0 Å². The number of hydrogen-bond donors (Lipinski definition) is 0. The van der Waals surface area contributed by atoms with Gasteiger partial charge in [-0.25, -0.2) is 34.9 Å². The highest BCUT2D eigenvalue weighted by Gasteiger charge is 2.39. The summed E-state index contributed by atoms with van der Waals surface area (Å²) in [6.07, 6.45) is 0. The standard InChI is InChI=1S/2C35H32N2.C31H27N.C30H26N2/c1-34(2,3)26-17-19-28-27-18-16-25(20-29(27)35(4,5)30(28)21-26)32-22-31(23-12-8-6-9-13-23)36-33(37-32)24-14-10-7-11-15-24;1-34(2,3)26-17-19-28-27-18-16-25(20-29(27)35(4,5)30(28)21-26)33-36-31(23-12-8-6-9-13-23)22-32(37-33)24-14-10-7-11-15-24;1-31(2,3)28-19-18-27(25-16-10-11-17-26(25)28)30-21-24(22-12-6-4-7-13-22)20-29(32-30)23-14-8-5-9-15-23;1-30(2,3)26-19-18-25(23-16-10-11-17-24(23)26)28-20-27(21-12-6-4-7-13-21)31-29(32-28)22-14-8-5-9-15-22/h2*6-22H,1-5H3;4-21H,1-3H3;4-20H,1-3H3. The van der Waals surface area contributed by atoms with Crippen molar-refractivity contribution < 1.29 is 0 Å². The molecule has 2 aliphatic carbocycles. The molecule has 0 radical (unpaired) electrons. The van der Waals surface area contributed by atoms with E-state index in [2.05, 4.69) is 450 Å². The van der Waals surface area contributed by atoms with Gasteiger partial charge >= 0.3 is 0 Å². The summed E-state index contributed by atoms with van der Waals surface area (Å²) in [5.41, 5.74) is 38.4. The van der Waals surface area contributed by atoms with Gasteiger partial charge in [0.25, 0.3) is 0 Å². The lowest BCUT2D eigenvalue weighted by Gasteiger charge is -2.25. The molecule has 7 heteroatoms. The maximum Gasteiger partial charge on any atom is 0.160 e. The van der Waals surface area contributed by atoms with Crippen LogP contribution in [0.2, 0.25) is 0 Å². The summed E-state index contributed by atoms with van der Waals surface area (Å²) in [6, 6.07) is 148. The Bertz CT molecular complexity index is 7140. The van der Waals surface area contributed by atoms with E-state index >= 15 is 0 Å². The van der Waals surface area contributed by atoms with Gasteiger partial charge in [-0.2, -0.15) is 0 Å². The number of aromatic nitrogens is 7. The van der Waals surface area contributed by atoms with E-state index in [0.717, 1.165) is 119 Å². The first kappa shape index (κ1) is 91.5. The Morgan fingerprint density at radius 1 is 0.159 bits per heavy atom. The molecule has 0 atom stereocenters. The Morgan fingerprint density at radius 3 is 0.739 bits per heavy atom. The van der Waals surface area contributed by atoms with Gasteiger partial charge in [-0.1, -0.05) is 487 Å². The van der Waals surface area contributed by atoms with Gasteiger partial charge in [0.2, 0.25) is 0 Å². The Labute approximate surface area is 814 Å². The lowest BCUT2D eigenvalue weighted by molar-refractivity contribution is 0.584. The second kappa shape index (κ2) is 37.6. The molecule has 0 unspecified atom stereocenters. The van der Waals surface area contributed by atoms with Gasteiger partial charge in [-0.05, 0) is 164 Å². The van der Waals surface area contributed by atoms with Gasteiger partial charge in [0.05, 0.1) is 45.6 Å². The third-order valence-electron chi connectivity index (χ3n) is 27.2. The van der Waals surface area contributed by atoms with Crippen molar-refractivity contribution in [2.24, 2.45) is 0 Å². The van der Waals surface area contributed by atoms with E-state index in [4.69, 9.17) is 34.9 Å². The minimum atomic E-state index is -0.0960. The fourth-order valence-corrected chi connectivity index (χ4v) is 19.5. The molecule has 0 N–H and O–H groups in total. The van der Waals surface area contributed by atoms with Crippen LogP contribution in [0.15, 0.2) is 419 Å². The minimum absolute atomic E-state index is 0.0637. The summed E-state index contributed by atoms with van der Waals surface area (Å²) in [7, 11) is 0. The lowest BCUT2D eigenvalue weighted by Crippen LogP contribution is -2.17. The molecule has 4 aromatic heterocycles. The van der Waals surface area contributed by atoms with E-state index in [9.17, 15) is 0 Å². The third-order valence-corrected chi connectivity index (χ3v) is 27.2. The summed E-state index contributed by atoms with van der Waals surface area (Å²) < 4.78 is 0. The number of benzene rings is 16. The predicted molar refractivity (Wildman–Crippen MR) is 581 cm³/mol. The van der Waals surface area contributed by atoms with Crippen molar-refractivity contribution in [2.75, 3.05) is 0 Å². The molecule has 0 saturated carbocycles. The van der Waals surface area contributed by atoms with Crippen LogP contribution < -0.4 is 0 Å². The van der Waals surface area contributed by atoms with E-state index in [0.29, 0.717) is 0 Å². The van der Waals surface area contributed by atoms with Gasteiger partial charge in [-0.15, -0.1) is 0 Å². The largest absolute Gasteiger partial charge is 0.248 e. The Balaban J connectivity index is 0.000000118. The van der Waals surface area contributed by atoms with Gasteiger partial charge in [0.1, 0.15) is 0 Å². The zero-order valence-electron chi connectivity index (χ0n) is 82.0. The van der Waals surface area contributed by atoms with Crippen LogP contribution in [-0.4, -0.2) is 34.9 Å². The van der Waals surface area contributed by atoms with E-state index in [1.54, 1.807) is 0 Å². The molecular weight excluding hydrogens is 1670 g/mol. The topological polar surface area (TPSA) is 90.2 Å². The van der Waals surface area contributed by atoms with E-state index in [-0.39, 0.29) is 32.5 Å². The second-order valence-electron chi connectivity index (χ2n) is 41.6. The first-order valence-corrected chi connectivity index (χ1v) is 48.2. The van der Waals surface area contributed by atoms with Crippen LogP contribution in [0.1, 0.15) is 155 Å². The Hall–Kier alpha value is -15.6. The third kappa shape index (κ3) is 19.0. The number of fused-ring (bicyclic) bond motifs is 8. The SMILES string of the molecule is CC(C)(C)c1ccc(-c2cc(-c3ccccc3)cc(-c3ccccc3)n2)c2ccccc12.CC(C)(C)c1ccc(-c2cc(-c3ccccc3)nc(-c3ccccc3)n2)c2ccccc12.CC(C)(C)c1ccc2c(c1)C(C)(C)c1cc(-c3cc(-c4ccccc4)nc(-c4ccccc4)n3)ccc1-2.CC(C)(C)c1ccc2c(c1)C(C)(C)c1cc(-c3nc(-c4ccccc4)cc(-c4ccccc4)n3)ccc1-2. The quantitative estimate of drug-likeness (QED) is 0.120. The van der Waals surface area contributed by atoms with Crippen LogP contribution in [0, 0.1) is 0 Å². The van der Waals surface area contributed by atoms with Crippen LogP contribution in [0.25, 0.3) is 179 Å². The van der Waals surface area contributed by atoms with Crippen molar-refractivity contribution in [3.63, 3.8) is 0 Å². The first-order valence-electron chi connectivity index (χ1n) is 48.2. The van der Waals surface area contributed by atoms with Gasteiger partial charge < -0.3 is 0 Å². The summed E-state index contributed by atoms with van der Waals surface area (Å²) in [4.78, 5) is 35.2. The fourth-order valence-electron chi connectivity index (χ4n) is 19.5. The average Bonchev–Trinajstić information content (AvgIpc) is 1.58. The molecule has 20 aromatic rings. The van der Waals surface area contributed by atoms with Crippen LogP contribution in [-0.2, 0) is 32.5 Å². The summed E-state index contributed by atoms with van der Waals surface area (Å²) in [6.45, 7) is 36.7. The molecular formula is C131H117N7. The van der Waals surface area contributed by atoms with E-state index in [1.807, 2.05) is 78.9 Å². The van der Waals surface area contributed by atoms with Crippen molar-refractivity contribution >= 4 is 21.5 Å². The highest BCUT2D eigenvalue weighted by atomic mass is 14.9. The minimum Gasteiger partial charge on any atom is -0.248 e. The van der Waals surface area contributed by atoms with Crippen molar-refractivity contribution in [3.8, 4) is 158 Å². The summed E-state index contributed by atoms with van der Waals surface area (Å²) in [5, 5.41) is 5.04. The van der Waals surface area contributed by atoms with Crippen molar-refractivity contribution in [1.82, 2.24) is 34.9 Å². The van der Waals surface area contributed by atoms with Crippen molar-refractivity contribution in [3.05, 3.63) is 463 Å². The van der Waals surface area contributed by atoms with Gasteiger partial charge in [0, 0.05) is 72.0 Å². The Morgan fingerprint density at radius 2 is 0.399 bits per heavy atom. The molecule has 22 rings (SSSR count). The highest BCUT2D eigenvalue weighted by molar-refractivity contribution is 6.01. The molecule has 16 aromatic carbocycles. The number of hydrogen-bond acceptors (Lipinski definition) is 7. The zero-order valence-corrected chi connectivity index (χ0v) is 82.0. The maximum atomic E-state index is 5.14. The van der Waals surface area contributed by atoms with Crippen molar-refractivity contribution in [2.45, 2.75) is 143 Å². The highest BCUT2D eigenvalue weighted by Crippen LogP contribution is 2.54. The summed E-state index contributed by atoms with van der Waals surface area (Å²) in [5.74, 6) is 2.24. The second-order valence-corrected chi connectivity index (χ2v) is 41.6. The van der Waals surface area contributed by atoms with Gasteiger partial charge in [0.15, 0.2) is 17.5 Å². The maximum absolute atomic E-state index is 5.14. The normalized spacial score (nSPS) is 12.8. The van der Waals surface area contributed by atoms with Crippen LogP contribution in [0.3, 0.4) is 0 Å². The average molecular weight is 1790 g/mol. The molecule has 2 aliphatic rings. The fraction of sp³-hybridized carbons (Fsp3) is 0.168. The number of rotatable bonds is 12. The number of nitrogens with zero attached hydrogens (tertiary/aromatic N) is 7. The molecule has 0 fully saturated rings.